The van der Waals surface area contributed by atoms with E-state index in [4.69, 9.17) is 0 Å². The Hall–Kier alpha value is -1.51. The van der Waals surface area contributed by atoms with Gasteiger partial charge in [-0.3, -0.25) is 0 Å². The lowest BCUT2D eigenvalue weighted by Crippen LogP contribution is -2.42. The number of amides is 2. The van der Waals surface area contributed by atoms with Crippen LogP contribution in [0.25, 0.3) is 0 Å². The van der Waals surface area contributed by atoms with Crippen LogP contribution in [-0.4, -0.2) is 23.5 Å². The van der Waals surface area contributed by atoms with Crippen molar-refractivity contribution in [3.8, 4) is 0 Å². The summed E-state index contributed by atoms with van der Waals surface area (Å²) < 4.78 is 0. The van der Waals surface area contributed by atoms with Crippen molar-refractivity contribution in [2.24, 2.45) is 0 Å². The molecule has 0 fully saturated rings. The van der Waals surface area contributed by atoms with Gasteiger partial charge in [0.2, 0.25) is 0 Å². The van der Waals surface area contributed by atoms with Crippen molar-refractivity contribution < 1.29 is 4.79 Å². The Labute approximate surface area is 104 Å². The van der Waals surface area contributed by atoms with Gasteiger partial charge in [0, 0.05) is 19.1 Å². The standard InChI is InChI=1S/C14H22N2O/c1-4-10-16(14(17)15-12(2)3)11-13-8-6-5-7-9-13/h5-9,12H,4,10-11H2,1-3H3,(H,15,17). The van der Waals surface area contributed by atoms with Crippen LogP contribution in [0.5, 0.6) is 0 Å². The number of nitrogens with one attached hydrogen (secondary N) is 1. The highest BCUT2D eigenvalue weighted by atomic mass is 16.2. The Morgan fingerprint density at radius 1 is 1.29 bits per heavy atom. The zero-order valence-corrected chi connectivity index (χ0v) is 10.9. The lowest BCUT2D eigenvalue weighted by Gasteiger charge is -2.24. The summed E-state index contributed by atoms with van der Waals surface area (Å²) in [5.74, 6) is 0. The lowest BCUT2D eigenvalue weighted by molar-refractivity contribution is 0.192. The Morgan fingerprint density at radius 2 is 1.94 bits per heavy atom. The van der Waals surface area contributed by atoms with Gasteiger partial charge >= 0.3 is 6.03 Å². The summed E-state index contributed by atoms with van der Waals surface area (Å²) in [6.45, 7) is 7.50. The van der Waals surface area contributed by atoms with Gasteiger partial charge in [0.05, 0.1) is 0 Å². The van der Waals surface area contributed by atoms with Crippen LogP contribution in [-0.2, 0) is 6.54 Å². The number of carbonyl (C=O) groups excluding carboxylic acids is 1. The molecule has 1 aromatic carbocycles. The summed E-state index contributed by atoms with van der Waals surface area (Å²) >= 11 is 0. The predicted molar refractivity (Wildman–Crippen MR) is 70.8 cm³/mol. The Kier molecular flexibility index (Phi) is 5.53. The molecule has 17 heavy (non-hydrogen) atoms. The predicted octanol–water partition coefficient (Wildman–Crippen LogP) is 3.02. The fraction of sp³-hybridized carbons (Fsp3) is 0.500. The highest BCUT2D eigenvalue weighted by molar-refractivity contribution is 5.74. The van der Waals surface area contributed by atoms with E-state index in [1.807, 2.05) is 49.1 Å². The van der Waals surface area contributed by atoms with E-state index >= 15 is 0 Å². The van der Waals surface area contributed by atoms with E-state index < -0.39 is 0 Å². The number of hydrogen-bond donors (Lipinski definition) is 1. The minimum atomic E-state index is 0.0192. The van der Waals surface area contributed by atoms with Crippen LogP contribution >= 0.6 is 0 Å². The maximum absolute atomic E-state index is 12.0. The first kappa shape index (κ1) is 13.6. The Bertz CT molecular complexity index is 335. The summed E-state index contributed by atoms with van der Waals surface area (Å²) in [6.07, 6.45) is 0.971. The van der Waals surface area contributed by atoms with Gasteiger partial charge in [-0.25, -0.2) is 4.79 Å². The fourth-order valence-corrected chi connectivity index (χ4v) is 1.66. The molecule has 0 radical (unpaired) electrons. The van der Waals surface area contributed by atoms with Crippen molar-refractivity contribution >= 4 is 6.03 Å². The van der Waals surface area contributed by atoms with Crippen LogP contribution in [0.15, 0.2) is 30.3 Å². The maximum atomic E-state index is 12.0. The van der Waals surface area contributed by atoms with Gasteiger partial charge < -0.3 is 10.2 Å². The summed E-state index contributed by atoms with van der Waals surface area (Å²) in [4.78, 5) is 13.8. The molecule has 1 N–H and O–H groups in total. The van der Waals surface area contributed by atoms with E-state index in [2.05, 4.69) is 12.2 Å². The maximum Gasteiger partial charge on any atom is 0.317 e. The third-order valence-electron chi connectivity index (χ3n) is 2.41. The van der Waals surface area contributed by atoms with Crippen LogP contribution in [0, 0.1) is 0 Å². The van der Waals surface area contributed by atoms with Crippen LogP contribution in [0.3, 0.4) is 0 Å². The van der Waals surface area contributed by atoms with Crippen molar-refractivity contribution in [3.63, 3.8) is 0 Å². The first-order chi connectivity index (χ1) is 8.13. The average Bonchev–Trinajstić information content (AvgIpc) is 2.29. The zero-order valence-electron chi connectivity index (χ0n) is 10.9. The SMILES string of the molecule is CCCN(Cc1ccccc1)C(=O)NC(C)C. The van der Waals surface area contributed by atoms with Crippen molar-refractivity contribution in [2.75, 3.05) is 6.54 Å². The van der Waals surface area contributed by atoms with E-state index in [9.17, 15) is 4.79 Å². The molecule has 0 aliphatic rings. The summed E-state index contributed by atoms with van der Waals surface area (Å²) in [5, 5.41) is 2.93. The summed E-state index contributed by atoms with van der Waals surface area (Å²) in [6, 6.07) is 10.3. The molecule has 3 nitrogen and oxygen atoms in total. The molecule has 1 rings (SSSR count). The molecule has 0 unspecified atom stereocenters. The van der Waals surface area contributed by atoms with Gasteiger partial charge in [-0.2, -0.15) is 0 Å². The van der Waals surface area contributed by atoms with Crippen LogP contribution in [0.4, 0.5) is 4.79 Å². The molecule has 0 saturated heterocycles. The number of rotatable bonds is 5. The topological polar surface area (TPSA) is 32.3 Å². The number of urea groups is 1. The molecule has 0 saturated carbocycles. The van der Waals surface area contributed by atoms with Gasteiger partial charge in [-0.05, 0) is 25.8 Å². The average molecular weight is 234 g/mol. The monoisotopic (exact) mass is 234 g/mol. The van der Waals surface area contributed by atoms with Gasteiger partial charge in [0.1, 0.15) is 0 Å². The van der Waals surface area contributed by atoms with Gasteiger partial charge in [0.25, 0.3) is 0 Å². The normalized spacial score (nSPS) is 10.4. The molecule has 1 aromatic rings. The third-order valence-corrected chi connectivity index (χ3v) is 2.41. The molecule has 2 amide bonds. The highest BCUT2D eigenvalue weighted by Gasteiger charge is 2.13. The van der Waals surface area contributed by atoms with Gasteiger partial charge in [-0.15, -0.1) is 0 Å². The highest BCUT2D eigenvalue weighted by Crippen LogP contribution is 2.05. The number of benzene rings is 1. The minimum absolute atomic E-state index is 0.0192. The molecule has 0 spiro atoms. The molecule has 0 heterocycles. The summed E-state index contributed by atoms with van der Waals surface area (Å²) in [5.41, 5.74) is 1.17. The molecule has 3 heteroatoms. The lowest BCUT2D eigenvalue weighted by atomic mass is 10.2. The minimum Gasteiger partial charge on any atom is -0.336 e. The van der Waals surface area contributed by atoms with E-state index in [1.54, 1.807) is 0 Å². The molecule has 94 valence electrons. The third kappa shape index (κ3) is 4.89. The quantitative estimate of drug-likeness (QED) is 0.834. The van der Waals surface area contributed by atoms with E-state index in [0.29, 0.717) is 6.54 Å². The van der Waals surface area contributed by atoms with Crippen molar-refractivity contribution in [1.29, 1.82) is 0 Å². The molecule has 0 aromatic heterocycles. The molecule has 0 aliphatic carbocycles. The molecule has 0 atom stereocenters. The van der Waals surface area contributed by atoms with Gasteiger partial charge in [-0.1, -0.05) is 37.3 Å². The van der Waals surface area contributed by atoms with Crippen molar-refractivity contribution in [3.05, 3.63) is 35.9 Å². The second-order valence-electron chi connectivity index (χ2n) is 4.51. The van der Waals surface area contributed by atoms with E-state index in [-0.39, 0.29) is 12.1 Å². The van der Waals surface area contributed by atoms with Crippen LogP contribution in [0.1, 0.15) is 32.8 Å². The zero-order chi connectivity index (χ0) is 12.7. The second-order valence-corrected chi connectivity index (χ2v) is 4.51. The van der Waals surface area contributed by atoms with E-state index in [1.165, 1.54) is 5.56 Å². The van der Waals surface area contributed by atoms with Crippen LogP contribution in [0.2, 0.25) is 0 Å². The summed E-state index contributed by atoms with van der Waals surface area (Å²) in [7, 11) is 0. The molecule has 0 aliphatic heterocycles. The first-order valence-electron chi connectivity index (χ1n) is 6.22. The van der Waals surface area contributed by atoms with Crippen molar-refractivity contribution in [2.45, 2.75) is 39.8 Å². The largest absolute Gasteiger partial charge is 0.336 e. The number of carbonyl (C=O) groups is 1. The van der Waals surface area contributed by atoms with Crippen molar-refractivity contribution in [1.82, 2.24) is 10.2 Å². The van der Waals surface area contributed by atoms with Gasteiger partial charge in [0.15, 0.2) is 0 Å². The smallest absolute Gasteiger partial charge is 0.317 e. The Balaban J connectivity index is 2.63. The number of hydrogen-bond acceptors (Lipinski definition) is 1. The molecule has 0 bridgehead atoms. The first-order valence-corrected chi connectivity index (χ1v) is 6.22. The second kappa shape index (κ2) is 6.94. The molecular weight excluding hydrogens is 212 g/mol. The van der Waals surface area contributed by atoms with E-state index in [0.717, 1.165) is 13.0 Å². The number of nitrogens with zero attached hydrogens (tertiary/aromatic N) is 1. The molecular formula is C14H22N2O. The van der Waals surface area contributed by atoms with Crippen LogP contribution < -0.4 is 5.32 Å². The fourth-order valence-electron chi connectivity index (χ4n) is 1.66. The Morgan fingerprint density at radius 3 is 2.47 bits per heavy atom.